The molecule has 0 saturated heterocycles. The molecule has 0 spiro atoms. The zero-order valence-electron chi connectivity index (χ0n) is 50.3. The largest absolute Gasteiger partial charge is 0.381 e. The van der Waals surface area contributed by atoms with Crippen LogP contribution < -0.4 is 0 Å². The van der Waals surface area contributed by atoms with E-state index >= 15 is 0 Å². The second kappa shape index (κ2) is 61.3. The monoisotopic (exact) mass is 997 g/mol. The molecule has 7 heteroatoms. The molecule has 0 bridgehead atoms. The van der Waals surface area contributed by atoms with Gasteiger partial charge in [-0.15, -0.1) is 0 Å². The predicted molar refractivity (Wildman–Crippen MR) is 309 cm³/mol. The van der Waals surface area contributed by atoms with Crippen molar-refractivity contribution < 1.29 is 33.5 Å². The van der Waals surface area contributed by atoms with Crippen molar-refractivity contribution in [3.8, 4) is 0 Å². The molecule has 0 aliphatic heterocycles. The lowest BCUT2D eigenvalue weighted by molar-refractivity contribution is -0.123. The maximum atomic E-state index is 11.4. The van der Waals surface area contributed by atoms with Crippen molar-refractivity contribution >= 4 is 34.7 Å². The Morgan fingerprint density at radius 2 is 0.600 bits per heavy atom. The third-order valence-corrected chi connectivity index (χ3v) is 12.0. The SMILES string of the molecule is C.CCC(=O)CCCC(C)C.CCC(=O)CCCCC(C)C.CCC(=O)CCCOCCC(C)C.CCCC(=O)CCCC(C)C.CC[C@@H](C)C(=O)CCCC(C)C.CC[C@H](C)C(=O)CCCC(C)C. The number of unbranched alkanes of at least 4 members (excludes halogenated alkanes) is 1. The molecule has 0 aliphatic rings. The molecule has 70 heavy (non-hydrogen) atoms. The number of ether oxygens (including phenoxy) is 1. The number of Topliss-reactive ketones (excluding diaryl/α,β-unsaturated/α-hetero) is 6. The van der Waals surface area contributed by atoms with Gasteiger partial charge in [0.05, 0.1) is 0 Å². The van der Waals surface area contributed by atoms with Crippen LogP contribution in [0.15, 0.2) is 0 Å². The van der Waals surface area contributed by atoms with Gasteiger partial charge in [0, 0.05) is 89.3 Å². The number of rotatable bonds is 37. The summed E-state index contributed by atoms with van der Waals surface area (Å²) in [5, 5.41) is 0. The Morgan fingerprint density at radius 3 is 0.900 bits per heavy atom. The average Bonchev–Trinajstić information content (AvgIpc) is 3.28. The maximum absolute atomic E-state index is 11.4. The van der Waals surface area contributed by atoms with Gasteiger partial charge in [-0.05, 0) is 99.7 Å². The van der Waals surface area contributed by atoms with Crippen LogP contribution in [0.4, 0.5) is 0 Å². The number of hydrogen-bond acceptors (Lipinski definition) is 7. The highest BCUT2D eigenvalue weighted by atomic mass is 16.5. The van der Waals surface area contributed by atoms with Gasteiger partial charge in [-0.3, -0.25) is 28.8 Å². The smallest absolute Gasteiger partial charge is 0.135 e. The van der Waals surface area contributed by atoms with E-state index in [0.29, 0.717) is 66.3 Å². The first kappa shape index (κ1) is 82.0. The van der Waals surface area contributed by atoms with Crippen molar-refractivity contribution in [2.24, 2.45) is 47.3 Å². The molecule has 0 unspecified atom stereocenters. The van der Waals surface area contributed by atoms with Crippen molar-refractivity contribution in [2.45, 2.75) is 313 Å². The summed E-state index contributed by atoms with van der Waals surface area (Å²) < 4.78 is 5.39. The van der Waals surface area contributed by atoms with Crippen LogP contribution in [0.3, 0.4) is 0 Å². The molecule has 0 amide bonds. The molecular weight excluding hydrogens is 869 g/mol. The average molecular weight is 998 g/mol. The van der Waals surface area contributed by atoms with Gasteiger partial charge in [-0.2, -0.15) is 0 Å². The Morgan fingerprint density at radius 1 is 0.314 bits per heavy atom. The highest BCUT2D eigenvalue weighted by molar-refractivity contribution is 5.81. The maximum Gasteiger partial charge on any atom is 0.135 e. The van der Waals surface area contributed by atoms with Gasteiger partial charge in [-0.1, -0.05) is 184 Å². The van der Waals surface area contributed by atoms with E-state index in [1.807, 2.05) is 34.6 Å². The molecule has 0 heterocycles. The van der Waals surface area contributed by atoms with Crippen LogP contribution in [0.25, 0.3) is 0 Å². The van der Waals surface area contributed by atoms with E-state index in [1.54, 1.807) is 0 Å². The molecule has 0 radical (unpaired) electrons. The summed E-state index contributed by atoms with van der Waals surface area (Å²) in [6.45, 7) is 44.0. The summed E-state index contributed by atoms with van der Waals surface area (Å²) >= 11 is 0. The molecule has 0 rings (SSSR count). The van der Waals surface area contributed by atoms with Gasteiger partial charge in [0.1, 0.15) is 34.7 Å². The molecule has 0 saturated carbocycles. The number of hydrogen-bond donors (Lipinski definition) is 0. The second-order valence-corrected chi connectivity index (χ2v) is 22.2. The summed E-state index contributed by atoms with van der Waals surface area (Å²) in [5.74, 6) is 7.46. The summed E-state index contributed by atoms with van der Waals surface area (Å²) in [6, 6.07) is 0. The van der Waals surface area contributed by atoms with Gasteiger partial charge in [0.2, 0.25) is 0 Å². The quantitative estimate of drug-likeness (QED) is 0.0570. The first-order valence-corrected chi connectivity index (χ1v) is 29.0. The van der Waals surface area contributed by atoms with E-state index in [2.05, 4.69) is 104 Å². The van der Waals surface area contributed by atoms with E-state index in [4.69, 9.17) is 4.74 Å². The van der Waals surface area contributed by atoms with Crippen molar-refractivity contribution in [1.82, 2.24) is 0 Å². The van der Waals surface area contributed by atoms with Gasteiger partial charge in [0.15, 0.2) is 0 Å². The van der Waals surface area contributed by atoms with E-state index < -0.39 is 0 Å². The Kier molecular flexibility index (Phi) is 71.8. The molecule has 0 fully saturated rings. The van der Waals surface area contributed by atoms with E-state index in [-0.39, 0.29) is 19.3 Å². The van der Waals surface area contributed by atoms with Gasteiger partial charge in [0.25, 0.3) is 0 Å². The number of ketones is 6. The number of carbonyl (C=O) groups is 6. The molecule has 422 valence electrons. The third kappa shape index (κ3) is 80.1. The fourth-order valence-corrected chi connectivity index (χ4v) is 6.33. The van der Waals surface area contributed by atoms with Crippen LogP contribution in [-0.2, 0) is 33.5 Å². The predicted octanol–water partition coefficient (Wildman–Crippen LogP) is 19.5. The van der Waals surface area contributed by atoms with Crippen molar-refractivity contribution in [3.63, 3.8) is 0 Å². The molecule has 0 aliphatic carbocycles. The Hall–Kier alpha value is -2.02. The van der Waals surface area contributed by atoms with E-state index in [1.165, 1.54) is 38.5 Å². The summed E-state index contributed by atoms with van der Waals surface area (Å²) in [4.78, 5) is 66.3. The second-order valence-electron chi connectivity index (χ2n) is 22.2. The first-order valence-electron chi connectivity index (χ1n) is 29.0. The highest BCUT2D eigenvalue weighted by Crippen LogP contribution is 2.14. The Balaban J connectivity index is -0.000000136. The highest BCUT2D eigenvalue weighted by Gasteiger charge is 2.11. The fraction of sp³-hybridized carbons (Fsp3) is 0.905. The van der Waals surface area contributed by atoms with Crippen molar-refractivity contribution in [3.05, 3.63) is 0 Å². The first-order chi connectivity index (χ1) is 32.3. The van der Waals surface area contributed by atoms with E-state index in [0.717, 1.165) is 146 Å². The van der Waals surface area contributed by atoms with Crippen molar-refractivity contribution in [1.29, 1.82) is 0 Å². The lowest BCUT2D eigenvalue weighted by Gasteiger charge is -2.07. The normalized spacial score (nSPS) is 11.4. The Labute approximate surface area is 439 Å². The fourth-order valence-electron chi connectivity index (χ4n) is 6.33. The third-order valence-electron chi connectivity index (χ3n) is 12.0. The summed E-state index contributed by atoms with van der Waals surface area (Å²) in [6.07, 6.45) is 25.0. The molecule has 0 aromatic heterocycles. The minimum absolute atomic E-state index is 0. The van der Waals surface area contributed by atoms with Crippen LogP contribution in [0.2, 0.25) is 0 Å². The summed E-state index contributed by atoms with van der Waals surface area (Å²) in [7, 11) is 0. The van der Waals surface area contributed by atoms with Gasteiger partial charge in [-0.25, -0.2) is 0 Å². The molecule has 2 atom stereocenters. The zero-order valence-corrected chi connectivity index (χ0v) is 50.3. The zero-order chi connectivity index (χ0) is 54.6. The van der Waals surface area contributed by atoms with Crippen LogP contribution >= 0.6 is 0 Å². The van der Waals surface area contributed by atoms with Gasteiger partial charge >= 0.3 is 0 Å². The molecule has 0 N–H and O–H groups in total. The minimum atomic E-state index is 0. The van der Waals surface area contributed by atoms with Crippen LogP contribution in [-0.4, -0.2) is 47.9 Å². The lowest BCUT2D eigenvalue weighted by atomic mass is 9.97. The van der Waals surface area contributed by atoms with Crippen LogP contribution in [0.5, 0.6) is 0 Å². The minimum Gasteiger partial charge on any atom is -0.381 e. The van der Waals surface area contributed by atoms with Crippen molar-refractivity contribution in [2.75, 3.05) is 13.2 Å². The molecule has 0 aromatic carbocycles. The van der Waals surface area contributed by atoms with E-state index in [9.17, 15) is 28.8 Å². The molecule has 0 aromatic rings. The van der Waals surface area contributed by atoms with Crippen LogP contribution in [0, 0.1) is 47.3 Å². The molecule has 7 nitrogen and oxygen atoms in total. The van der Waals surface area contributed by atoms with Crippen LogP contribution in [0.1, 0.15) is 313 Å². The van der Waals surface area contributed by atoms with Gasteiger partial charge < -0.3 is 4.74 Å². The Bertz CT molecular complexity index is 1120. The molecular formula is C63H128O7. The lowest BCUT2D eigenvalue weighted by Crippen LogP contribution is -2.09. The summed E-state index contributed by atoms with van der Waals surface area (Å²) in [5.41, 5.74) is 0. The standard InChI is InChI=1S/C11H22O2.2C11H22O.2C10H20O.C9H18O.CH4/c1-4-11(12)6-5-8-13-9-7-10(2)3;2*1-5-10(4)11(12)8-6-7-9(2)3;1-4-10(11)8-6-5-7-9(2)3;1-4-6-10(11)8-5-7-9(2)3;1-4-9(10)7-5-6-8(2)3;/h10H,4-9H2,1-3H3;2*9-10H,5-8H2,1-4H3;2*9H,4-8H2,1-3H3;8H,4-7H2,1-3H3;1H4/t;2*10-;;;;/m.10..../s1. The topological polar surface area (TPSA) is 112 Å². The number of carbonyl (C=O) groups excluding carboxylic acids is 6.